The van der Waals surface area contributed by atoms with E-state index < -0.39 is 0 Å². The van der Waals surface area contributed by atoms with Gasteiger partial charge in [0.2, 0.25) is 5.56 Å². The zero-order chi connectivity index (χ0) is 27.8. The molecule has 1 saturated carbocycles. The van der Waals surface area contributed by atoms with Crippen LogP contribution < -0.4 is 27.4 Å². The van der Waals surface area contributed by atoms with E-state index in [0.717, 1.165) is 25.7 Å². The minimum atomic E-state index is -0.339. The number of hydrogen-bond donors (Lipinski definition) is 2. The summed E-state index contributed by atoms with van der Waals surface area (Å²) in [6.07, 6.45) is 4.97. The Hall–Kier alpha value is -4.15. The molecule has 0 radical (unpaired) electrons. The van der Waals surface area contributed by atoms with Crippen molar-refractivity contribution >= 4 is 28.5 Å². The van der Waals surface area contributed by atoms with Crippen LogP contribution in [0, 0.1) is 5.92 Å². The number of nitrogens with one attached hydrogen (secondary N) is 2. The zero-order valence-corrected chi connectivity index (χ0v) is 22.5. The van der Waals surface area contributed by atoms with Gasteiger partial charge in [0.1, 0.15) is 0 Å². The number of piperidine rings is 1. The van der Waals surface area contributed by atoms with Crippen molar-refractivity contribution in [3.63, 3.8) is 0 Å². The van der Waals surface area contributed by atoms with Crippen LogP contribution in [-0.2, 0) is 13.6 Å². The van der Waals surface area contributed by atoms with E-state index in [1.165, 1.54) is 27.5 Å². The molecular weight excluding hydrogens is 500 g/mol. The molecule has 0 spiro atoms. The Balaban J connectivity index is 1.32. The molecule has 11 nitrogen and oxygen atoms in total. The molecule has 5 rings (SSSR count). The maximum atomic E-state index is 13.3. The predicted molar refractivity (Wildman–Crippen MR) is 148 cm³/mol. The maximum absolute atomic E-state index is 13.3. The number of amides is 3. The van der Waals surface area contributed by atoms with Crippen molar-refractivity contribution in [1.29, 1.82) is 0 Å². The van der Waals surface area contributed by atoms with E-state index >= 15 is 0 Å². The standard InChI is InChI=1S/C28H34N6O5/c1-17(2)34-23-10-9-20(13-22(23)26(37)33(28(34)39)14-18-6-7-18)30-27(38)32-12-4-5-21(16-32)29-25(36)19-8-11-24(35)31(3)15-19/h8-11,13,15,17-18,21H,4-7,12,14,16H2,1-3H3,(H,29,36)(H,30,38). The number of urea groups is 1. The van der Waals surface area contributed by atoms with Gasteiger partial charge in [-0.1, -0.05) is 0 Å². The number of carbonyl (C=O) groups is 2. The molecule has 11 heteroatoms. The Labute approximate surface area is 225 Å². The molecule has 3 amide bonds. The second-order valence-electron chi connectivity index (χ2n) is 10.9. The Kier molecular flexibility index (Phi) is 7.16. The highest BCUT2D eigenvalue weighted by molar-refractivity contribution is 5.94. The van der Waals surface area contributed by atoms with E-state index in [2.05, 4.69) is 10.6 Å². The summed E-state index contributed by atoms with van der Waals surface area (Å²) < 4.78 is 4.31. The van der Waals surface area contributed by atoms with Crippen LogP contribution in [0.3, 0.4) is 0 Å². The van der Waals surface area contributed by atoms with Gasteiger partial charge in [-0.25, -0.2) is 9.59 Å². The lowest BCUT2D eigenvalue weighted by atomic mass is 10.1. The predicted octanol–water partition coefficient (Wildman–Crippen LogP) is 2.28. The summed E-state index contributed by atoms with van der Waals surface area (Å²) in [5.74, 6) is 0.0591. The van der Waals surface area contributed by atoms with Gasteiger partial charge in [-0.05, 0) is 69.7 Å². The summed E-state index contributed by atoms with van der Waals surface area (Å²) >= 11 is 0. The summed E-state index contributed by atoms with van der Waals surface area (Å²) in [4.78, 5) is 65.5. The van der Waals surface area contributed by atoms with Gasteiger partial charge >= 0.3 is 11.7 Å². The van der Waals surface area contributed by atoms with Crippen LogP contribution in [0.5, 0.6) is 0 Å². The molecule has 2 aromatic heterocycles. The van der Waals surface area contributed by atoms with Crippen LogP contribution in [0.1, 0.15) is 55.9 Å². The number of likely N-dealkylation sites (tertiary alicyclic amines) is 1. The van der Waals surface area contributed by atoms with Gasteiger partial charge in [0, 0.05) is 56.7 Å². The Morgan fingerprint density at radius 1 is 1.05 bits per heavy atom. The summed E-state index contributed by atoms with van der Waals surface area (Å²) in [7, 11) is 1.59. The number of fused-ring (bicyclic) bond motifs is 1. The first-order valence-corrected chi connectivity index (χ1v) is 13.4. The topological polar surface area (TPSA) is 127 Å². The second kappa shape index (κ2) is 10.5. The van der Waals surface area contributed by atoms with E-state index in [9.17, 15) is 24.0 Å². The second-order valence-corrected chi connectivity index (χ2v) is 10.9. The Morgan fingerprint density at radius 2 is 1.82 bits per heavy atom. The van der Waals surface area contributed by atoms with Crippen LogP contribution in [0.25, 0.3) is 10.9 Å². The van der Waals surface area contributed by atoms with Gasteiger partial charge in [-0.3, -0.25) is 23.5 Å². The van der Waals surface area contributed by atoms with Crippen molar-refractivity contribution in [2.45, 2.75) is 58.2 Å². The number of aromatic nitrogens is 3. The van der Waals surface area contributed by atoms with E-state index in [1.807, 2.05) is 13.8 Å². The molecule has 3 heterocycles. The third-order valence-electron chi connectivity index (χ3n) is 7.47. The minimum absolute atomic E-state index is 0.132. The number of benzene rings is 1. The molecule has 206 valence electrons. The van der Waals surface area contributed by atoms with Crippen molar-refractivity contribution in [3.8, 4) is 0 Å². The Morgan fingerprint density at radius 3 is 2.51 bits per heavy atom. The smallest absolute Gasteiger partial charge is 0.331 e. The fraction of sp³-hybridized carbons (Fsp3) is 0.464. The van der Waals surface area contributed by atoms with E-state index in [1.54, 1.807) is 34.7 Å². The highest BCUT2D eigenvalue weighted by atomic mass is 16.2. The van der Waals surface area contributed by atoms with Gasteiger partial charge < -0.3 is 20.1 Å². The molecule has 1 saturated heterocycles. The first-order chi connectivity index (χ1) is 18.6. The molecule has 1 aromatic carbocycles. The normalized spacial score (nSPS) is 17.4. The molecule has 1 aliphatic heterocycles. The summed E-state index contributed by atoms with van der Waals surface area (Å²) in [6.45, 7) is 5.10. The molecular formula is C28H34N6O5. The van der Waals surface area contributed by atoms with Gasteiger partial charge in [-0.15, -0.1) is 0 Å². The molecule has 2 aliphatic rings. The van der Waals surface area contributed by atoms with Crippen LogP contribution in [-0.4, -0.2) is 49.7 Å². The number of aryl methyl sites for hydroxylation is 1. The third kappa shape index (κ3) is 5.52. The fourth-order valence-corrected chi connectivity index (χ4v) is 5.16. The maximum Gasteiger partial charge on any atom is 0.331 e. The van der Waals surface area contributed by atoms with Crippen molar-refractivity contribution < 1.29 is 9.59 Å². The summed E-state index contributed by atoms with van der Waals surface area (Å²) in [6, 6.07) is 7.19. The number of carbonyl (C=O) groups excluding carboxylic acids is 2. The number of rotatable bonds is 6. The lowest BCUT2D eigenvalue weighted by Crippen LogP contribution is -2.50. The first kappa shape index (κ1) is 26.5. The number of hydrogen-bond acceptors (Lipinski definition) is 5. The average Bonchev–Trinajstić information content (AvgIpc) is 3.73. The average molecular weight is 535 g/mol. The molecule has 1 unspecified atom stereocenters. The monoisotopic (exact) mass is 534 g/mol. The molecule has 1 atom stereocenters. The third-order valence-corrected chi connectivity index (χ3v) is 7.47. The Bertz CT molecular complexity index is 1610. The van der Waals surface area contributed by atoms with Crippen molar-refractivity contribution in [2.24, 2.45) is 13.0 Å². The van der Waals surface area contributed by atoms with Gasteiger partial charge in [0.15, 0.2) is 0 Å². The quantitative estimate of drug-likeness (QED) is 0.502. The van der Waals surface area contributed by atoms with Crippen molar-refractivity contribution in [1.82, 2.24) is 23.9 Å². The number of nitrogens with zero attached hydrogens (tertiary/aromatic N) is 4. The molecule has 2 N–H and O–H groups in total. The van der Waals surface area contributed by atoms with E-state index in [0.29, 0.717) is 47.7 Å². The van der Waals surface area contributed by atoms with Crippen LogP contribution >= 0.6 is 0 Å². The lowest BCUT2D eigenvalue weighted by molar-refractivity contribution is 0.0912. The van der Waals surface area contributed by atoms with Gasteiger partial charge in [0.05, 0.1) is 16.5 Å². The van der Waals surface area contributed by atoms with Crippen molar-refractivity contribution in [3.05, 3.63) is 73.3 Å². The number of pyridine rings is 1. The summed E-state index contributed by atoms with van der Waals surface area (Å²) in [5.41, 5.74) is 0.550. The summed E-state index contributed by atoms with van der Waals surface area (Å²) in [5, 5.41) is 6.24. The molecule has 39 heavy (non-hydrogen) atoms. The highest BCUT2D eigenvalue weighted by Gasteiger charge is 2.27. The molecule has 3 aromatic rings. The largest absolute Gasteiger partial charge is 0.347 e. The van der Waals surface area contributed by atoms with Crippen LogP contribution in [0.15, 0.2) is 50.9 Å². The van der Waals surface area contributed by atoms with Crippen LogP contribution in [0.2, 0.25) is 0 Å². The minimum Gasteiger partial charge on any atom is -0.347 e. The van der Waals surface area contributed by atoms with Gasteiger partial charge in [-0.2, -0.15) is 0 Å². The SMILES string of the molecule is CC(C)n1c(=O)n(CC2CC2)c(=O)c2cc(NC(=O)N3CCCC(NC(=O)c4ccc(=O)n(C)c4)C3)ccc21. The molecule has 0 bridgehead atoms. The zero-order valence-electron chi connectivity index (χ0n) is 22.5. The van der Waals surface area contributed by atoms with E-state index in [4.69, 9.17) is 0 Å². The molecule has 1 aliphatic carbocycles. The van der Waals surface area contributed by atoms with E-state index in [-0.39, 0.29) is 40.8 Å². The van der Waals surface area contributed by atoms with Crippen LogP contribution in [0.4, 0.5) is 10.5 Å². The van der Waals surface area contributed by atoms with Crippen molar-refractivity contribution in [2.75, 3.05) is 18.4 Å². The first-order valence-electron chi connectivity index (χ1n) is 13.4. The lowest BCUT2D eigenvalue weighted by Gasteiger charge is -2.33. The fourth-order valence-electron chi connectivity index (χ4n) is 5.16. The number of anilines is 1. The highest BCUT2D eigenvalue weighted by Crippen LogP contribution is 2.30. The molecule has 2 fully saturated rings. The van der Waals surface area contributed by atoms with Gasteiger partial charge in [0.25, 0.3) is 11.5 Å².